The summed E-state index contributed by atoms with van der Waals surface area (Å²) in [7, 11) is 0. The molecule has 1 aliphatic rings. The van der Waals surface area contributed by atoms with Gasteiger partial charge in [-0.1, -0.05) is 5.21 Å². The predicted octanol–water partition coefficient (Wildman–Crippen LogP) is 0.886. The first-order chi connectivity index (χ1) is 13.0. The molecular weight excluding hydrogens is 352 g/mol. The zero-order valence-corrected chi connectivity index (χ0v) is 15.8. The number of rotatable bonds is 5. The standard InChI is InChI=1S/C16H22N8O3/c1-5-27-13(25)12-11(4)24(22-21-12)16-19-14(17-10(2)3)18-15(20-16)23-6-8-26-9-7-23/h5-9H2,1-4H3. The molecule has 2 aromatic heterocycles. The monoisotopic (exact) mass is 374 g/mol. The van der Waals surface area contributed by atoms with Gasteiger partial charge in [-0.3, -0.25) is 0 Å². The summed E-state index contributed by atoms with van der Waals surface area (Å²) in [5, 5.41) is 7.93. The van der Waals surface area contributed by atoms with Crippen LogP contribution in [0.1, 0.15) is 37.0 Å². The lowest BCUT2D eigenvalue weighted by Gasteiger charge is -2.26. The van der Waals surface area contributed by atoms with E-state index in [9.17, 15) is 4.79 Å². The zero-order valence-electron chi connectivity index (χ0n) is 15.8. The molecule has 0 N–H and O–H groups in total. The minimum atomic E-state index is -0.536. The van der Waals surface area contributed by atoms with Crippen molar-refractivity contribution in [1.82, 2.24) is 29.9 Å². The number of hydrogen-bond acceptors (Lipinski definition) is 10. The predicted molar refractivity (Wildman–Crippen MR) is 96.9 cm³/mol. The third kappa shape index (κ3) is 4.25. The van der Waals surface area contributed by atoms with E-state index in [0.717, 1.165) is 5.71 Å². The quantitative estimate of drug-likeness (QED) is 0.555. The molecule has 0 spiro atoms. The first kappa shape index (κ1) is 18.8. The summed E-state index contributed by atoms with van der Waals surface area (Å²) in [6.45, 7) is 9.95. The minimum Gasteiger partial charge on any atom is -0.461 e. The molecule has 0 bridgehead atoms. The molecule has 11 nitrogen and oxygen atoms in total. The smallest absolute Gasteiger partial charge is 0.360 e. The average Bonchev–Trinajstić information content (AvgIpc) is 3.03. The van der Waals surface area contributed by atoms with Crippen LogP contribution in [-0.2, 0) is 9.47 Å². The highest BCUT2D eigenvalue weighted by Crippen LogP contribution is 2.18. The molecule has 0 saturated carbocycles. The van der Waals surface area contributed by atoms with Gasteiger partial charge in [0, 0.05) is 18.8 Å². The summed E-state index contributed by atoms with van der Waals surface area (Å²) < 4.78 is 11.8. The van der Waals surface area contributed by atoms with Gasteiger partial charge in [-0.2, -0.15) is 19.6 Å². The Balaban J connectivity index is 2.04. The molecule has 144 valence electrons. The number of carbonyl (C=O) groups is 1. The third-order valence-electron chi connectivity index (χ3n) is 3.77. The second-order valence-electron chi connectivity index (χ2n) is 6.05. The second-order valence-corrected chi connectivity index (χ2v) is 6.05. The number of hydrogen-bond donors (Lipinski definition) is 0. The highest BCUT2D eigenvalue weighted by molar-refractivity contribution is 5.88. The van der Waals surface area contributed by atoms with Crippen molar-refractivity contribution in [2.24, 2.45) is 4.99 Å². The van der Waals surface area contributed by atoms with Crippen LogP contribution in [0.15, 0.2) is 4.99 Å². The molecule has 1 saturated heterocycles. The van der Waals surface area contributed by atoms with E-state index in [2.05, 4.69) is 30.3 Å². The Labute approximate surface area is 156 Å². The molecule has 0 aromatic carbocycles. The number of esters is 1. The fraction of sp³-hybridized carbons (Fsp3) is 0.562. The van der Waals surface area contributed by atoms with E-state index >= 15 is 0 Å². The molecule has 3 rings (SSSR count). The van der Waals surface area contributed by atoms with Crippen LogP contribution in [0.5, 0.6) is 0 Å². The maximum Gasteiger partial charge on any atom is 0.360 e. The highest BCUT2D eigenvalue weighted by atomic mass is 16.5. The van der Waals surface area contributed by atoms with Crippen molar-refractivity contribution in [3.05, 3.63) is 11.4 Å². The van der Waals surface area contributed by atoms with Crippen LogP contribution in [0.3, 0.4) is 0 Å². The molecule has 3 heterocycles. The van der Waals surface area contributed by atoms with E-state index in [-0.39, 0.29) is 24.2 Å². The van der Waals surface area contributed by atoms with E-state index in [1.165, 1.54) is 4.68 Å². The van der Waals surface area contributed by atoms with Gasteiger partial charge in [0.1, 0.15) is 0 Å². The summed E-state index contributed by atoms with van der Waals surface area (Å²) in [6, 6.07) is 0. The van der Waals surface area contributed by atoms with Gasteiger partial charge in [0.2, 0.25) is 5.95 Å². The normalized spacial score (nSPS) is 14.1. The summed E-state index contributed by atoms with van der Waals surface area (Å²) in [5.41, 5.74) is 1.42. The van der Waals surface area contributed by atoms with E-state index in [1.54, 1.807) is 13.8 Å². The maximum atomic E-state index is 12.0. The number of carbonyl (C=O) groups excluding carboxylic acids is 1. The number of anilines is 1. The van der Waals surface area contributed by atoms with Crippen LogP contribution in [0.2, 0.25) is 0 Å². The van der Waals surface area contributed by atoms with E-state index in [1.807, 2.05) is 18.7 Å². The van der Waals surface area contributed by atoms with Gasteiger partial charge in [0.15, 0.2) is 5.69 Å². The fourth-order valence-corrected chi connectivity index (χ4v) is 2.50. The van der Waals surface area contributed by atoms with Crippen LogP contribution in [-0.4, -0.2) is 74.5 Å². The Bertz CT molecular complexity index is 853. The van der Waals surface area contributed by atoms with Gasteiger partial charge in [0.25, 0.3) is 11.9 Å². The summed E-state index contributed by atoms with van der Waals surface area (Å²) in [4.78, 5) is 31.6. The van der Waals surface area contributed by atoms with E-state index < -0.39 is 5.97 Å². The minimum absolute atomic E-state index is 0.127. The number of aromatic nitrogens is 6. The van der Waals surface area contributed by atoms with Gasteiger partial charge >= 0.3 is 5.97 Å². The van der Waals surface area contributed by atoms with Crippen molar-refractivity contribution >= 4 is 23.6 Å². The molecule has 0 unspecified atom stereocenters. The maximum absolute atomic E-state index is 12.0. The molecule has 0 aliphatic carbocycles. The molecule has 27 heavy (non-hydrogen) atoms. The second kappa shape index (κ2) is 8.16. The molecule has 11 heteroatoms. The van der Waals surface area contributed by atoms with Gasteiger partial charge in [0.05, 0.1) is 25.5 Å². The number of aliphatic imine (C=N–C) groups is 1. The Kier molecular flexibility index (Phi) is 5.69. The van der Waals surface area contributed by atoms with Crippen molar-refractivity contribution in [1.29, 1.82) is 0 Å². The number of morpholine rings is 1. The Morgan fingerprint density at radius 3 is 2.56 bits per heavy atom. The number of nitrogens with zero attached hydrogens (tertiary/aromatic N) is 8. The molecule has 0 amide bonds. The zero-order chi connectivity index (χ0) is 19.4. The third-order valence-corrected chi connectivity index (χ3v) is 3.77. The molecule has 0 radical (unpaired) electrons. The summed E-state index contributed by atoms with van der Waals surface area (Å²) in [5.74, 6) is 0.461. The lowest BCUT2D eigenvalue weighted by atomic mass is 10.3. The average molecular weight is 374 g/mol. The van der Waals surface area contributed by atoms with Crippen molar-refractivity contribution < 1.29 is 14.3 Å². The lowest BCUT2D eigenvalue weighted by molar-refractivity contribution is 0.0518. The topological polar surface area (TPSA) is 121 Å². The molecule has 2 aromatic rings. The van der Waals surface area contributed by atoms with Crippen molar-refractivity contribution in [2.75, 3.05) is 37.8 Å². The molecule has 1 aliphatic heterocycles. The Hall–Kier alpha value is -2.95. The Morgan fingerprint density at radius 2 is 1.89 bits per heavy atom. The summed E-state index contributed by atoms with van der Waals surface area (Å²) in [6.07, 6.45) is 0. The van der Waals surface area contributed by atoms with Crippen LogP contribution in [0, 0.1) is 6.92 Å². The van der Waals surface area contributed by atoms with Crippen molar-refractivity contribution in [3.8, 4) is 5.95 Å². The fourth-order valence-electron chi connectivity index (χ4n) is 2.50. The first-order valence-electron chi connectivity index (χ1n) is 8.70. The summed E-state index contributed by atoms with van der Waals surface area (Å²) >= 11 is 0. The van der Waals surface area contributed by atoms with Crippen molar-refractivity contribution in [3.63, 3.8) is 0 Å². The van der Waals surface area contributed by atoms with Crippen molar-refractivity contribution in [2.45, 2.75) is 27.7 Å². The van der Waals surface area contributed by atoms with Crippen LogP contribution < -0.4 is 4.90 Å². The van der Waals surface area contributed by atoms with Gasteiger partial charge in [-0.15, -0.1) is 5.10 Å². The molecular formula is C16H22N8O3. The van der Waals surface area contributed by atoms with E-state index in [4.69, 9.17) is 9.47 Å². The van der Waals surface area contributed by atoms with Gasteiger partial charge in [-0.05, 0) is 27.7 Å². The molecule has 0 atom stereocenters. The largest absolute Gasteiger partial charge is 0.461 e. The van der Waals surface area contributed by atoms with Gasteiger partial charge < -0.3 is 14.4 Å². The number of ether oxygens (including phenoxy) is 2. The van der Waals surface area contributed by atoms with Crippen LogP contribution in [0.4, 0.5) is 11.9 Å². The van der Waals surface area contributed by atoms with Gasteiger partial charge in [-0.25, -0.2) is 9.79 Å². The van der Waals surface area contributed by atoms with E-state index in [0.29, 0.717) is 37.9 Å². The van der Waals surface area contributed by atoms with Crippen LogP contribution in [0.25, 0.3) is 5.95 Å². The van der Waals surface area contributed by atoms with Crippen LogP contribution >= 0.6 is 0 Å². The highest BCUT2D eigenvalue weighted by Gasteiger charge is 2.22. The lowest BCUT2D eigenvalue weighted by Crippen LogP contribution is -2.37. The molecule has 1 fully saturated rings. The Morgan fingerprint density at radius 1 is 1.19 bits per heavy atom. The first-order valence-corrected chi connectivity index (χ1v) is 8.70. The SMILES string of the molecule is CCOC(=O)c1nnn(-c2nc(N=C(C)C)nc(N3CCOCC3)n2)c1C.